The molecule has 1 unspecified atom stereocenters. The first-order valence-corrected chi connectivity index (χ1v) is 6.94. The summed E-state index contributed by atoms with van der Waals surface area (Å²) in [6.45, 7) is 2.02. The predicted octanol–water partition coefficient (Wildman–Crippen LogP) is 0.561. The van der Waals surface area contributed by atoms with Gasteiger partial charge in [-0.2, -0.15) is 10.2 Å². The molecule has 3 heterocycles. The number of nitrogens with zero attached hydrogens (tertiary/aromatic N) is 4. The minimum Gasteiger partial charge on any atom is -0.345 e. The van der Waals surface area contributed by atoms with Gasteiger partial charge in [0.2, 0.25) is 5.91 Å². The van der Waals surface area contributed by atoms with Gasteiger partial charge in [0.15, 0.2) is 0 Å². The van der Waals surface area contributed by atoms with Crippen molar-refractivity contribution < 1.29 is 9.59 Å². The summed E-state index contributed by atoms with van der Waals surface area (Å²) in [4.78, 5) is 28.4. The second-order valence-corrected chi connectivity index (χ2v) is 5.72. The average molecular weight is 274 g/mol. The van der Waals surface area contributed by atoms with Crippen LogP contribution in [0.3, 0.4) is 0 Å². The number of likely N-dealkylation sites (tertiary alicyclic amines) is 2. The van der Waals surface area contributed by atoms with Crippen molar-refractivity contribution in [3.8, 4) is 0 Å². The fraction of sp³-hybridized carbons (Fsp3) is 0.571. The van der Waals surface area contributed by atoms with Crippen molar-refractivity contribution in [2.45, 2.75) is 19.3 Å². The molecule has 2 saturated heterocycles. The van der Waals surface area contributed by atoms with Crippen LogP contribution in [0.2, 0.25) is 0 Å². The fourth-order valence-corrected chi connectivity index (χ4v) is 3.28. The third-order valence-electron chi connectivity index (χ3n) is 4.42. The van der Waals surface area contributed by atoms with Gasteiger partial charge < -0.3 is 9.80 Å². The molecule has 20 heavy (non-hydrogen) atoms. The Morgan fingerprint density at radius 2 is 2.15 bits per heavy atom. The van der Waals surface area contributed by atoms with Crippen molar-refractivity contribution in [2.75, 3.05) is 26.7 Å². The van der Waals surface area contributed by atoms with Crippen LogP contribution in [-0.2, 0) is 4.79 Å². The first-order valence-electron chi connectivity index (χ1n) is 6.94. The minimum atomic E-state index is -0.358. The highest BCUT2D eigenvalue weighted by Gasteiger charge is 2.48. The van der Waals surface area contributed by atoms with Gasteiger partial charge in [0.25, 0.3) is 5.91 Å². The number of carbonyl (C=O) groups is 2. The molecule has 2 amide bonds. The van der Waals surface area contributed by atoms with Crippen LogP contribution in [0.4, 0.5) is 0 Å². The van der Waals surface area contributed by atoms with Crippen molar-refractivity contribution in [1.29, 1.82) is 0 Å². The Hall–Kier alpha value is -1.98. The lowest BCUT2D eigenvalue weighted by molar-refractivity contribution is -0.137. The number of piperidine rings is 1. The molecule has 0 N–H and O–H groups in total. The molecule has 0 saturated carbocycles. The van der Waals surface area contributed by atoms with Crippen LogP contribution < -0.4 is 0 Å². The van der Waals surface area contributed by atoms with E-state index in [1.807, 2.05) is 7.05 Å². The van der Waals surface area contributed by atoms with E-state index in [-0.39, 0.29) is 17.2 Å². The van der Waals surface area contributed by atoms with E-state index in [0.717, 1.165) is 25.8 Å². The van der Waals surface area contributed by atoms with E-state index in [1.165, 1.54) is 12.4 Å². The lowest BCUT2D eigenvalue weighted by Crippen LogP contribution is -2.49. The van der Waals surface area contributed by atoms with Crippen LogP contribution >= 0.6 is 0 Å². The number of hydrogen-bond acceptors (Lipinski definition) is 4. The molecule has 0 bridgehead atoms. The Balaban J connectivity index is 1.79. The molecule has 1 spiro atoms. The summed E-state index contributed by atoms with van der Waals surface area (Å²) in [5, 5.41) is 7.43. The third-order valence-corrected chi connectivity index (χ3v) is 4.42. The number of hydrogen-bond donors (Lipinski definition) is 0. The second kappa shape index (κ2) is 4.85. The Morgan fingerprint density at radius 1 is 1.30 bits per heavy atom. The van der Waals surface area contributed by atoms with Crippen molar-refractivity contribution in [2.24, 2.45) is 5.41 Å². The van der Waals surface area contributed by atoms with E-state index >= 15 is 0 Å². The number of carbonyl (C=O) groups excluding carboxylic acids is 2. The Morgan fingerprint density at radius 3 is 2.80 bits per heavy atom. The summed E-state index contributed by atoms with van der Waals surface area (Å²) in [6, 6.07) is 1.67. The summed E-state index contributed by atoms with van der Waals surface area (Å²) in [6.07, 6.45) is 5.60. The molecule has 0 aliphatic carbocycles. The van der Waals surface area contributed by atoms with Crippen molar-refractivity contribution in [1.82, 2.24) is 20.0 Å². The van der Waals surface area contributed by atoms with Gasteiger partial charge in [-0.15, -0.1) is 0 Å². The minimum absolute atomic E-state index is 0.0543. The van der Waals surface area contributed by atoms with Gasteiger partial charge in [-0.1, -0.05) is 0 Å². The summed E-state index contributed by atoms with van der Waals surface area (Å²) in [5.74, 6) is 0.129. The van der Waals surface area contributed by atoms with Crippen LogP contribution in [-0.4, -0.2) is 58.5 Å². The first-order chi connectivity index (χ1) is 9.62. The second-order valence-electron chi connectivity index (χ2n) is 5.72. The van der Waals surface area contributed by atoms with Gasteiger partial charge in [0.1, 0.15) is 0 Å². The summed E-state index contributed by atoms with van der Waals surface area (Å²) in [5.41, 5.74) is 0.180. The number of rotatable bonds is 1. The van der Waals surface area contributed by atoms with E-state index in [1.54, 1.807) is 15.9 Å². The summed E-state index contributed by atoms with van der Waals surface area (Å²) >= 11 is 0. The first kappa shape index (κ1) is 13.0. The standard InChI is InChI=1S/C14H18N4O2/c1-17-8-5-14(13(17)20)4-2-7-18(10-14)12(19)11-3-6-15-16-9-11/h3,6,9H,2,4-5,7-8,10H2,1H3. The van der Waals surface area contributed by atoms with E-state index in [0.29, 0.717) is 18.7 Å². The van der Waals surface area contributed by atoms with Crippen molar-refractivity contribution in [3.63, 3.8) is 0 Å². The molecule has 0 radical (unpaired) electrons. The molecule has 3 rings (SSSR count). The highest BCUT2D eigenvalue weighted by atomic mass is 16.2. The summed E-state index contributed by atoms with van der Waals surface area (Å²) < 4.78 is 0. The van der Waals surface area contributed by atoms with Gasteiger partial charge >= 0.3 is 0 Å². The van der Waals surface area contributed by atoms with Gasteiger partial charge in [-0.05, 0) is 25.3 Å². The maximum absolute atomic E-state index is 12.5. The van der Waals surface area contributed by atoms with Gasteiger partial charge in [-0.25, -0.2) is 0 Å². The molecule has 106 valence electrons. The molecule has 1 aromatic heterocycles. The van der Waals surface area contributed by atoms with Crippen LogP contribution in [0.1, 0.15) is 29.6 Å². The lowest BCUT2D eigenvalue weighted by atomic mass is 9.78. The fourth-order valence-electron chi connectivity index (χ4n) is 3.28. The van der Waals surface area contributed by atoms with Gasteiger partial charge in [-0.3, -0.25) is 9.59 Å². The van der Waals surface area contributed by atoms with Crippen molar-refractivity contribution >= 4 is 11.8 Å². The molecule has 0 aromatic carbocycles. The van der Waals surface area contributed by atoms with E-state index in [2.05, 4.69) is 10.2 Å². The largest absolute Gasteiger partial charge is 0.345 e. The Bertz CT molecular complexity index is 529. The molecule has 2 aliphatic rings. The molecule has 1 aromatic rings. The smallest absolute Gasteiger partial charge is 0.255 e. The SMILES string of the molecule is CN1CCC2(CCCN(C(=O)c3ccnnc3)C2)C1=O. The van der Waals surface area contributed by atoms with Crippen LogP contribution in [0.15, 0.2) is 18.5 Å². The zero-order chi connectivity index (χ0) is 14.2. The normalized spacial score (nSPS) is 26.4. The molecular weight excluding hydrogens is 256 g/mol. The molecular formula is C14H18N4O2. The Labute approximate surface area is 117 Å². The number of aromatic nitrogens is 2. The van der Waals surface area contributed by atoms with Crippen molar-refractivity contribution in [3.05, 3.63) is 24.0 Å². The topological polar surface area (TPSA) is 66.4 Å². The highest BCUT2D eigenvalue weighted by Crippen LogP contribution is 2.39. The van der Waals surface area contributed by atoms with Gasteiger partial charge in [0.05, 0.1) is 23.4 Å². The molecule has 2 fully saturated rings. The van der Waals surface area contributed by atoms with Crippen LogP contribution in [0, 0.1) is 5.41 Å². The van der Waals surface area contributed by atoms with Crippen LogP contribution in [0.25, 0.3) is 0 Å². The maximum atomic E-state index is 12.5. The van der Waals surface area contributed by atoms with E-state index in [4.69, 9.17) is 0 Å². The van der Waals surface area contributed by atoms with Crippen LogP contribution in [0.5, 0.6) is 0 Å². The zero-order valence-electron chi connectivity index (χ0n) is 11.6. The zero-order valence-corrected chi connectivity index (χ0v) is 11.6. The molecule has 6 heteroatoms. The highest BCUT2D eigenvalue weighted by molar-refractivity contribution is 5.94. The molecule has 1 atom stereocenters. The average Bonchev–Trinajstić information content (AvgIpc) is 2.76. The summed E-state index contributed by atoms with van der Waals surface area (Å²) in [7, 11) is 1.84. The maximum Gasteiger partial charge on any atom is 0.255 e. The number of amides is 2. The van der Waals surface area contributed by atoms with E-state index < -0.39 is 0 Å². The third kappa shape index (κ3) is 2.05. The Kier molecular flexibility index (Phi) is 3.16. The predicted molar refractivity (Wildman–Crippen MR) is 71.9 cm³/mol. The lowest BCUT2D eigenvalue weighted by Gasteiger charge is -2.38. The van der Waals surface area contributed by atoms with Gasteiger partial charge in [0, 0.05) is 26.7 Å². The van der Waals surface area contributed by atoms with E-state index in [9.17, 15) is 9.59 Å². The quantitative estimate of drug-likeness (QED) is 0.750. The monoisotopic (exact) mass is 274 g/mol. The molecule has 2 aliphatic heterocycles. The molecule has 6 nitrogen and oxygen atoms in total.